The van der Waals surface area contributed by atoms with E-state index in [1.807, 2.05) is 12.2 Å². The number of aliphatic hydroxyl groups is 1. The summed E-state index contributed by atoms with van der Waals surface area (Å²) in [5, 5.41) is 8.57. The van der Waals surface area contributed by atoms with E-state index in [2.05, 4.69) is 6.92 Å². The van der Waals surface area contributed by atoms with Crippen LogP contribution in [0.1, 0.15) is 64.7 Å². The lowest BCUT2D eigenvalue weighted by Crippen LogP contribution is -2.02. The fourth-order valence-corrected chi connectivity index (χ4v) is 1.80. The number of hydrogen-bond donors (Lipinski definition) is 1. The van der Waals surface area contributed by atoms with Crippen LogP contribution >= 0.6 is 0 Å². The Labute approximate surface area is 119 Å². The zero-order valence-corrected chi connectivity index (χ0v) is 12.6. The van der Waals surface area contributed by atoms with Crippen molar-refractivity contribution in [2.75, 3.05) is 26.6 Å². The summed E-state index contributed by atoms with van der Waals surface area (Å²) in [5.41, 5.74) is 0. The molecule has 0 aliphatic carbocycles. The summed E-state index contributed by atoms with van der Waals surface area (Å²) >= 11 is 0. The molecule has 0 aliphatic heterocycles. The van der Waals surface area contributed by atoms with Crippen molar-refractivity contribution in [3.05, 3.63) is 12.2 Å². The summed E-state index contributed by atoms with van der Waals surface area (Å²) < 4.78 is 10.7. The average Bonchev–Trinajstić information content (AvgIpc) is 2.43. The Morgan fingerprint density at radius 2 is 1.42 bits per heavy atom. The first-order valence-corrected chi connectivity index (χ1v) is 7.83. The Bertz CT molecular complexity index is 181. The molecule has 114 valence electrons. The fourth-order valence-electron chi connectivity index (χ4n) is 1.80. The van der Waals surface area contributed by atoms with E-state index < -0.39 is 0 Å². The number of unbranched alkanes of at least 4 members (excludes halogenated alkanes) is 6. The first-order valence-electron chi connectivity index (χ1n) is 7.83. The van der Waals surface area contributed by atoms with Gasteiger partial charge >= 0.3 is 0 Å². The van der Waals surface area contributed by atoms with Crippen LogP contribution in [0.4, 0.5) is 0 Å². The van der Waals surface area contributed by atoms with Crippen LogP contribution in [-0.4, -0.2) is 31.7 Å². The normalized spacial score (nSPS) is 11.5. The predicted molar refractivity (Wildman–Crippen MR) is 80.2 cm³/mol. The molecule has 0 saturated carbocycles. The van der Waals surface area contributed by atoms with E-state index in [1.54, 1.807) is 0 Å². The van der Waals surface area contributed by atoms with Crippen LogP contribution in [-0.2, 0) is 9.47 Å². The summed E-state index contributed by atoms with van der Waals surface area (Å²) in [7, 11) is 0. The highest BCUT2D eigenvalue weighted by Crippen LogP contribution is 2.06. The van der Waals surface area contributed by atoms with Gasteiger partial charge in [0.2, 0.25) is 0 Å². The van der Waals surface area contributed by atoms with Gasteiger partial charge in [-0.05, 0) is 19.3 Å². The molecule has 0 saturated heterocycles. The third-order valence-corrected chi connectivity index (χ3v) is 2.95. The Balaban J connectivity index is 2.95. The molecule has 0 atom stereocenters. The highest BCUT2D eigenvalue weighted by molar-refractivity contribution is 4.80. The summed E-state index contributed by atoms with van der Waals surface area (Å²) in [6, 6.07) is 0. The highest BCUT2D eigenvalue weighted by Gasteiger charge is 1.92. The Morgan fingerprint density at radius 1 is 0.789 bits per heavy atom. The molecular formula is C16H32O3. The topological polar surface area (TPSA) is 38.7 Å². The predicted octanol–water partition coefficient (Wildman–Crippen LogP) is 4.06. The summed E-state index contributed by atoms with van der Waals surface area (Å²) in [5.74, 6) is 0. The number of hydrogen-bond acceptors (Lipinski definition) is 3. The molecule has 0 fully saturated rings. The Hall–Kier alpha value is -0.380. The van der Waals surface area contributed by atoms with Crippen LogP contribution < -0.4 is 0 Å². The summed E-state index contributed by atoms with van der Waals surface area (Å²) in [6.45, 7) is 4.38. The van der Waals surface area contributed by atoms with Crippen LogP contribution in [0.25, 0.3) is 0 Å². The number of ether oxygens (including phenoxy) is 2. The third kappa shape index (κ3) is 17.6. The molecule has 0 radical (unpaired) electrons. The minimum Gasteiger partial charge on any atom is -0.396 e. The lowest BCUT2D eigenvalue weighted by Gasteiger charge is -2.05. The van der Waals surface area contributed by atoms with Crippen molar-refractivity contribution >= 4 is 0 Å². The largest absolute Gasteiger partial charge is 0.396 e. The fraction of sp³-hybridized carbons (Fsp3) is 0.875. The Kier molecular flexibility index (Phi) is 17.3. The van der Waals surface area contributed by atoms with Crippen LogP contribution in [0.5, 0.6) is 0 Å². The van der Waals surface area contributed by atoms with E-state index in [9.17, 15) is 0 Å². The maximum atomic E-state index is 8.57. The third-order valence-electron chi connectivity index (χ3n) is 2.95. The first kappa shape index (κ1) is 18.6. The van der Waals surface area contributed by atoms with Gasteiger partial charge in [0, 0.05) is 13.2 Å². The van der Waals surface area contributed by atoms with Gasteiger partial charge in [-0.2, -0.15) is 0 Å². The minimum atomic E-state index is 0.221. The molecule has 0 spiro atoms. The molecule has 0 bridgehead atoms. The lowest BCUT2D eigenvalue weighted by molar-refractivity contribution is -0.0531. The van der Waals surface area contributed by atoms with Crippen LogP contribution in [0.2, 0.25) is 0 Å². The summed E-state index contributed by atoms with van der Waals surface area (Å²) in [6.07, 6.45) is 14.8. The van der Waals surface area contributed by atoms with E-state index in [0.717, 1.165) is 25.9 Å². The number of rotatable bonds is 15. The van der Waals surface area contributed by atoms with E-state index in [4.69, 9.17) is 14.6 Å². The van der Waals surface area contributed by atoms with Gasteiger partial charge < -0.3 is 14.6 Å². The van der Waals surface area contributed by atoms with Crippen molar-refractivity contribution in [1.82, 2.24) is 0 Å². The molecule has 3 heteroatoms. The van der Waals surface area contributed by atoms with Gasteiger partial charge in [0.15, 0.2) is 0 Å². The quantitative estimate of drug-likeness (QED) is 0.277. The van der Waals surface area contributed by atoms with Gasteiger partial charge in [-0.15, -0.1) is 0 Å². The molecular weight excluding hydrogens is 240 g/mol. The molecule has 0 aromatic rings. The van der Waals surface area contributed by atoms with Gasteiger partial charge in [0.05, 0.1) is 6.61 Å². The monoisotopic (exact) mass is 272 g/mol. The highest BCUT2D eigenvalue weighted by atomic mass is 16.7. The minimum absolute atomic E-state index is 0.221. The maximum Gasteiger partial charge on any atom is 0.146 e. The summed E-state index contributed by atoms with van der Waals surface area (Å²) in [4.78, 5) is 0. The van der Waals surface area contributed by atoms with Crippen LogP contribution in [0.15, 0.2) is 12.2 Å². The molecule has 0 aromatic heterocycles. The van der Waals surface area contributed by atoms with Crippen LogP contribution in [0.3, 0.4) is 0 Å². The zero-order valence-electron chi connectivity index (χ0n) is 12.6. The SMILES string of the molecule is CCCCCCCCCOCOCC/C=C\CCO. The van der Waals surface area contributed by atoms with Crippen molar-refractivity contribution in [2.45, 2.75) is 64.7 Å². The van der Waals surface area contributed by atoms with Crippen molar-refractivity contribution in [1.29, 1.82) is 0 Å². The molecule has 0 aliphatic rings. The molecule has 3 nitrogen and oxygen atoms in total. The number of aliphatic hydroxyl groups excluding tert-OH is 1. The molecule has 0 unspecified atom stereocenters. The lowest BCUT2D eigenvalue weighted by atomic mass is 10.1. The molecule has 1 N–H and O–H groups in total. The van der Waals surface area contributed by atoms with Crippen molar-refractivity contribution in [3.8, 4) is 0 Å². The van der Waals surface area contributed by atoms with E-state index in [0.29, 0.717) is 13.4 Å². The first-order chi connectivity index (χ1) is 9.41. The maximum absolute atomic E-state index is 8.57. The van der Waals surface area contributed by atoms with Crippen molar-refractivity contribution in [2.24, 2.45) is 0 Å². The van der Waals surface area contributed by atoms with E-state index in [-0.39, 0.29) is 6.61 Å². The molecule has 19 heavy (non-hydrogen) atoms. The average molecular weight is 272 g/mol. The van der Waals surface area contributed by atoms with Gasteiger partial charge in [-0.3, -0.25) is 0 Å². The molecule has 0 amide bonds. The van der Waals surface area contributed by atoms with E-state index in [1.165, 1.54) is 38.5 Å². The van der Waals surface area contributed by atoms with Gasteiger partial charge in [0.25, 0.3) is 0 Å². The van der Waals surface area contributed by atoms with E-state index >= 15 is 0 Å². The second-order valence-electron chi connectivity index (χ2n) is 4.83. The second kappa shape index (κ2) is 17.6. The van der Waals surface area contributed by atoms with Crippen molar-refractivity contribution < 1.29 is 14.6 Å². The molecule has 0 heterocycles. The smallest absolute Gasteiger partial charge is 0.146 e. The standard InChI is InChI=1S/C16H32O3/c1-2-3-4-5-6-8-11-14-18-16-19-15-12-9-7-10-13-17/h7,9,17H,2-6,8,10-16H2,1H3/b9-7-. The van der Waals surface area contributed by atoms with Gasteiger partial charge in [-0.25, -0.2) is 0 Å². The van der Waals surface area contributed by atoms with Gasteiger partial charge in [0.1, 0.15) is 6.79 Å². The molecule has 0 aromatic carbocycles. The van der Waals surface area contributed by atoms with Crippen LogP contribution in [0, 0.1) is 0 Å². The second-order valence-corrected chi connectivity index (χ2v) is 4.83. The van der Waals surface area contributed by atoms with Crippen molar-refractivity contribution in [3.63, 3.8) is 0 Å². The van der Waals surface area contributed by atoms with Gasteiger partial charge in [-0.1, -0.05) is 57.6 Å². The molecule has 0 rings (SSSR count). The zero-order chi connectivity index (χ0) is 14.0. The Morgan fingerprint density at radius 3 is 2.16 bits per heavy atom.